The zero-order valence-corrected chi connectivity index (χ0v) is 12.0. The Morgan fingerprint density at radius 1 is 1.11 bits per heavy atom. The molecule has 0 fully saturated rings. The number of hydrogen-bond acceptors (Lipinski definition) is 1. The van der Waals surface area contributed by atoms with E-state index in [1.54, 1.807) is 6.07 Å². The van der Waals surface area contributed by atoms with Crippen LogP contribution in [0, 0.1) is 12.7 Å². The zero-order valence-electron chi connectivity index (χ0n) is 10.4. The Bertz CT molecular complexity index is 537. The van der Waals surface area contributed by atoms with Crippen LogP contribution in [0.3, 0.4) is 0 Å². The molecule has 1 nitrogen and oxygen atoms in total. The minimum absolute atomic E-state index is 0.127. The molecule has 1 unspecified atom stereocenters. The highest BCUT2D eigenvalue weighted by Gasteiger charge is 2.16. The van der Waals surface area contributed by atoms with Gasteiger partial charge in [-0.15, -0.1) is 0 Å². The highest BCUT2D eigenvalue weighted by Crippen LogP contribution is 2.26. The second-order valence-electron chi connectivity index (χ2n) is 4.30. The van der Waals surface area contributed by atoms with Crippen molar-refractivity contribution in [3.8, 4) is 0 Å². The summed E-state index contributed by atoms with van der Waals surface area (Å²) >= 11 is 3.40. The summed E-state index contributed by atoms with van der Waals surface area (Å²) in [5, 5.41) is 3.17. The molecule has 2 aromatic carbocycles. The summed E-state index contributed by atoms with van der Waals surface area (Å²) in [6.45, 7) is 1.97. The van der Waals surface area contributed by atoms with Crippen LogP contribution in [0.4, 0.5) is 4.39 Å². The van der Waals surface area contributed by atoms with E-state index in [1.807, 2.05) is 44.3 Å². The van der Waals surface area contributed by atoms with Crippen molar-refractivity contribution in [2.24, 2.45) is 0 Å². The van der Waals surface area contributed by atoms with Crippen LogP contribution in [0.2, 0.25) is 0 Å². The third-order valence-electron chi connectivity index (χ3n) is 2.95. The lowest BCUT2D eigenvalue weighted by Crippen LogP contribution is -2.19. The maximum Gasteiger partial charge on any atom is 0.128 e. The van der Waals surface area contributed by atoms with Gasteiger partial charge in [-0.3, -0.25) is 0 Å². The van der Waals surface area contributed by atoms with E-state index < -0.39 is 0 Å². The number of hydrogen-bond donors (Lipinski definition) is 1. The van der Waals surface area contributed by atoms with E-state index in [0.29, 0.717) is 5.56 Å². The van der Waals surface area contributed by atoms with Gasteiger partial charge in [0.25, 0.3) is 0 Å². The summed E-state index contributed by atoms with van der Waals surface area (Å²) in [5.41, 5.74) is 2.79. The quantitative estimate of drug-likeness (QED) is 0.896. The lowest BCUT2D eigenvalue weighted by molar-refractivity contribution is 0.575. The van der Waals surface area contributed by atoms with Crippen LogP contribution in [0.25, 0.3) is 0 Å². The van der Waals surface area contributed by atoms with Crippen molar-refractivity contribution in [1.82, 2.24) is 5.32 Å². The Morgan fingerprint density at radius 2 is 1.78 bits per heavy atom. The number of aryl methyl sites for hydroxylation is 1. The number of rotatable bonds is 3. The lowest BCUT2D eigenvalue weighted by atomic mass is 9.97. The van der Waals surface area contributed by atoms with Crippen LogP contribution in [0.15, 0.2) is 46.9 Å². The Hall–Kier alpha value is -1.19. The molecule has 0 amide bonds. The van der Waals surface area contributed by atoms with Crippen molar-refractivity contribution < 1.29 is 4.39 Å². The maximum absolute atomic E-state index is 13.9. The van der Waals surface area contributed by atoms with E-state index in [0.717, 1.165) is 15.6 Å². The molecular formula is C15H15BrFN. The second kappa shape index (κ2) is 5.63. The van der Waals surface area contributed by atoms with Crippen LogP contribution in [0.5, 0.6) is 0 Å². The average Bonchev–Trinajstić information content (AvgIpc) is 2.37. The molecule has 2 aromatic rings. The number of benzene rings is 2. The van der Waals surface area contributed by atoms with Gasteiger partial charge in [-0.2, -0.15) is 0 Å². The SMILES string of the molecule is CNC(c1ccc(Br)cc1)c1cc(C)ccc1F. The normalized spacial score (nSPS) is 12.4. The summed E-state index contributed by atoms with van der Waals surface area (Å²) in [7, 11) is 1.84. The van der Waals surface area contributed by atoms with Crippen molar-refractivity contribution in [3.63, 3.8) is 0 Å². The minimum atomic E-state index is -0.178. The van der Waals surface area contributed by atoms with Crippen LogP contribution >= 0.6 is 15.9 Å². The van der Waals surface area contributed by atoms with E-state index >= 15 is 0 Å². The molecule has 0 saturated heterocycles. The molecule has 0 aliphatic heterocycles. The van der Waals surface area contributed by atoms with Crippen LogP contribution in [-0.2, 0) is 0 Å². The Morgan fingerprint density at radius 3 is 2.39 bits per heavy atom. The van der Waals surface area contributed by atoms with Crippen molar-refractivity contribution in [3.05, 3.63) is 69.4 Å². The smallest absolute Gasteiger partial charge is 0.128 e. The Kier molecular flexibility index (Phi) is 4.15. The molecule has 0 bridgehead atoms. The van der Waals surface area contributed by atoms with Crippen LogP contribution < -0.4 is 5.32 Å². The number of halogens is 2. The minimum Gasteiger partial charge on any atom is -0.309 e. The average molecular weight is 308 g/mol. The summed E-state index contributed by atoms with van der Waals surface area (Å²) in [6.07, 6.45) is 0. The maximum atomic E-state index is 13.9. The molecule has 18 heavy (non-hydrogen) atoms. The largest absolute Gasteiger partial charge is 0.309 e. The van der Waals surface area contributed by atoms with Gasteiger partial charge in [0, 0.05) is 10.0 Å². The summed E-state index contributed by atoms with van der Waals surface area (Å²) in [5.74, 6) is -0.178. The predicted octanol–water partition coefficient (Wildman–Crippen LogP) is 4.21. The standard InChI is InChI=1S/C15H15BrFN/c1-10-3-8-14(17)13(9-10)15(18-2)11-4-6-12(16)7-5-11/h3-9,15,18H,1-2H3. The van der Waals surface area contributed by atoms with Crippen molar-refractivity contribution >= 4 is 15.9 Å². The van der Waals surface area contributed by atoms with Crippen molar-refractivity contribution in [1.29, 1.82) is 0 Å². The third kappa shape index (κ3) is 2.79. The van der Waals surface area contributed by atoms with Gasteiger partial charge in [-0.1, -0.05) is 45.8 Å². The molecule has 1 atom stereocenters. The first kappa shape index (κ1) is 13.2. The molecule has 0 aromatic heterocycles. The Balaban J connectivity index is 2.44. The van der Waals surface area contributed by atoms with Gasteiger partial charge in [0.2, 0.25) is 0 Å². The van der Waals surface area contributed by atoms with E-state index in [-0.39, 0.29) is 11.9 Å². The fourth-order valence-corrected chi connectivity index (χ4v) is 2.31. The van der Waals surface area contributed by atoms with Gasteiger partial charge < -0.3 is 5.32 Å². The van der Waals surface area contributed by atoms with Gasteiger partial charge in [-0.25, -0.2) is 4.39 Å². The van der Waals surface area contributed by atoms with Crippen LogP contribution in [-0.4, -0.2) is 7.05 Å². The van der Waals surface area contributed by atoms with Gasteiger partial charge in [0.15, 0.2) is 0 Å². The van der Waals surface area contributed by atoms with E-state index in [9.17, 15) is 4.39 Å². The molecule has 0 aliphatic carbocycles. The Labute approximate surface area is 115 Å². The topological polar surface area (TPSA) is 12.0 Å². The molecule has 0 saturated carbocycles. The highest BCUT2D eigenvalue weighted by atomic mass is 79.9. The highest BCUT2D eigenvalue weighted by molar-refractivity contribution is 9.10. The predicted molar refractivity (Wildman–Crippen MR) is 76.2 cm³/mol. The zero-order chi connectivity index (χ0) is 13.1. The summed E-state index contributed by atoms with van der Waals surface area (Å²) < 4.78 is 14.9. The van der Waals surface area contributed by atoms with Crippen molar-refractivity contribution in [2.45, 2.75) is 13.0 Å². The van der Waals surface area contributed by atoms with E-state index in [2.05, 4.69) is 21.2 Å². The van der Waals surface area contributed by atoms with Gasteiger partial charge in [-0.05, 0) is 37.7 Å². The van der Waals surface area contributed by atoms with Crippen LogP contribution in [0.1, 0.15) is 22.7 Å². The van der Waals surface area contributed by atoms with Gasteiger partial charge >= 0.3 is 0 Å². The number of nitrogens with one attached hydrogen (secondary N) is 1. The van der Waals surface area contributed by atoms with Gasteiger partial charge in [0.05, 0.1) is 6.04 Å². The van der Waals surface area contributed by atoms with Crippen molar-refractivity contribution in [2.75, 3.05) is 7.05 Å². The van der Waals surface area contributed by atoms with Gasteiger partial charge in [0.1, 0.15) is 5.82 Å². The molecule has 0 radical (unpaired) electrons. The molecule has 0 spiro atoms. The summed E-state index contributed by atoms with van der Waals surface area (Å²) in [6, 6.07) is 13.0. The molecule has 3 heteroatoms. The fraction of sp³-hybridized carbons (Fsp3) is 0.200. The first-order chi connectivity index (χ1) is 8.61. The second-order valence-corrected chi connectivity index (χ2v) is 5.21. The van der Waals surface area contributed by atoms with E-state index in [4.69, 9.17) is 0 Å². The summed E-state index contributed by atoms with van der Waals surface area (Å²) in [4.78, 5) is 0. The molecule has 0 aliphatic rings. The molecule has 94 valence electrons. The molecule has 0 heterocycles. The fourth-order valence-electron chi connectivity index (χ4n) is 2.04. The molecule has 2 rings (SSSR count). The first-order valence-corrected chi connectivity index (χ1v) is 6.60. The lowest BCUT2D eigenvalue weighted by Gasteiger charge is -2.18. The molecule has 1 N–H and O–H groups in total. The van der Waals surface area contributed by atoms with E-state index in [1.165, 1.54) is 6.07 Å². The first-order valence-electron chi connectivity index (χ1n) is 5.80. The molecular weight excluding hydrogens is 293 g/mol. The third-order valence-corrected chi connectivity index (χ3v) is 3.48. The monoisotopic (exact) mass is 307 g/mol.